The Morgan fingerprint density at radius 2 is 2.36 bits per heavy atom. The van der Waals surface area contributed by atoms with Gasteiger partial charge in [0.05, 0.1) is 6.21 Å². The van der Waals surface area contributed by atoms with Crippen LogP contribution in [0.2, 0.25) is 0 Å². The van der Waals surface area contributed by atoms with Gasteiger partial charge in [0.1, 0.15) is 12.4 Å². The second-order valence-electron chi connectivity index (χ2n) is 5.67. The molecule has 0 aromatic heterocycles. The van der Waals surface area contributed by atoms with Crippen LogP contribution in [0, 0.1) is 5.92 Å². The summed E-state index contributed by atoms with van der Waals surface area (Å²) >= 11 is 4.71. The maximum atomic E-state index is 5.91. The highest BCUT2D eigenvalue weighted by molar-refractivity contribution is 7.80. The zero-order valence-corrected chi connectivity index (χ0v) is 13.8. The van der Waals surface area contributed by atoms with Crippen molar-refractivity contribution in [3.8, 4) is 5.75 Å². The smallest absolute Gasteiger partial charge is 0.184 e. The summed E-state index contributed by atoms with van der Waals surface area (Å²) in [5, 5.41) is 4.13. The number of hydrogen-bond donors (Lipinski definition) is 2. The third-order valence-electron chi connectivity index (χ3n) is 3.70. The molecule has 6 heteroatoms. The average molecular weight is 320 g/mol. The van der Waals surface area contributed by atoms with Crippen molar-refractivity contribution in [2.45, 2.75) is 19.8 Å². The molecule has 3 N–H and O–H groups in total. The Hall–Kier alpha value is -1.66. The number of hydrogen-bond acceptors (Lipinski definition) is 4. The fourth-order valence-electron chi connectivity index (χ4n) is 2.66. The topological polar surface area (TPSA) is 62.9 Å². The molecule has 0 amide bonds. The van der Waals surface area contributed by atoms with E-state index in [9.17, 15) is 0 Å². The van der Waals surface area contributed by atoms with Crippen molar-refractivity contribution in [2.24, 2.45) is 16.8 Å². The second kappa shape index (κ2) is 8.70. The maximum Gasteiger partial charge on any atom is 0.184 e. The van der Waals surface area contributed by atoms with Crippen LogP contribution in [-0.4, -0.2) is 42.5 Å². The third-order valence-corrected chi connectivity index (χ3v) is 3.79. The molecule has 1 atom stereocenters. The molecule has 0 aliphatic carbocycles. The molecule has 1 heterocycles. The van der Waals surface area contributed by atoms with Gasteiger partial charge < -0.3 is 10.5 Å². The number of nitrogens with two attached hydrogens (primary N) is 1. The first-order valence-corrected chi connectivity index (χ1v) is 8.08. The van der Waals surface area contributed by atoms with Crippen LogP contribution in [0.5, 0.6) is 5.75 Å². The number of thiocarbonyl (C=S) groups is 1. The van der Waals surface area contributed by atoms with E-state index in [0.717, 1.165) is 23.8 Å². The van der Waals surface area contributed by atoms with E-state index in [1.54, 1.807) is 6.21 Å². The summed E-state index contributed by atoms with van der Waals surface area (Å²) in [7, 11) is 0. The Bertz CT molecular complexity index is 521. The molecule has 1 unspecified atom stereocenters. The van der Waals surface area contributed by atoms with Gasteiger partial charge in [0, 0.05) is 18.7 Å². The molecule has 0 spiro atoms. The Balaban J connectivity index is 1.84. The zero-order chi connectivity index (χ0) is 15.8. The van der Waals surface area contributed by atoms with E-state index in [1.165, 1.54) is 25.9 Å². The number of benzene rings is 1. The van der Waals surface area contributed by atoms with Gasteiger partial charge in [-0.3, -0.25) is 10.3 Å². The number of hydrazone groups is 1. The molecule has 5 nitrogen and oxygen atoms in total. The van der Waals surface area contributed by atoms with Crippen molar-refractivity contribution in [3.63, 3.8) is 0 Å². The quantitative estimate of drug-likeness (QED) is 0.477. The van der Waals surface area contributed by atoms with Crippen molar-refractivity contribution in [3.05, 3.63) is 29.8 Å². The number of ether oxygens (including phenoxy) is 1. The van der Waals surface area contributed by atoms with Gasteiger partial charge in [0.2, 0.25) is 0 Å². The summed E-state index contributed by atoms with van der Waals surface area (Å²) < 4.78 is 5.91. The maximum absolute atomic E-state index is 5.91. The molecule has 1 aromatic rings. The summed E-state index contributed by atoms with van der Waals surface area (Å²) in [6.07, 6.45) is 4.29. The van der Waals surface area contributed by atoms with Crippen LogP contribution in [-0.2, 0) is 0 Å². The van der Waals surface area contributed by atoms with Crippen molar-refractivity contribution in [1.29, 1.82) is 0 Å². The Morgan fingerprint density at radius 1 is 1.55 bits per heavy atom. The average Bonchev–Trinajstić information content (AvgIpc) is 2.48. The molecule has 1 aliphatic rings. The first-order valence-electron chi connectivity index (χ1n) is 7.68. The van der Waals surface area contributed by atoms with Crippen LogP contribution in [0.3, 0.4) is 0 Å². The Morgan fingerprint density at radius 3 is 3.14 bits per heavy atom. The van der Waals surface area contributed by atoms with Gasteiger partial charge in [-0.1, -0.05) is 19.1 Å². The summed E-state index contributed by atoms with van der Waals surface area (Å²) in [6.45, 7) is 6.30. The van der Waals surface area contributed by atoms with Crippen LogP contribution in [0.1, 0.15) is 25.3 Å². The van der Waals surface area contributed by atoms with Gasteiger partial charge in [-0.2, -0.15) is 5.10 Å². The van der Waals surface area contributed by atoms with E-state index in [0.29, 0.717) is 6.61 Å². The predicted octanol–water partition coefficient (Wildman–Crippen LogP) is 1.96. The normalized spacial score (nSPS) is 19.2. The van der Waals surface area contributed by atoms with Crippen molar-refractivity contribution < 1.29 is 4.74 Å². The minimum atomic E-state index is 0.147. The fourth-order valence-corrected chi connectivity index (χ4v) is 2.71. The van der Waals surface area contributed by atoms with E-state index < -0.39 is 0 Å². The van der Waals surface area contributed by atoms with E-state index in [2.05, 4.69) is 22.4 Å². The summed E-state index contributed by atoms with van der Waals surface area (Å²) in [6, 6.07) is 7.79. The highest BCUT2D eigenvalue weighted by Crippen LogP contribution is 2.17. The first-order chi connectivity index (χ1) is 10.6. The van der Waals surface area contributed by atoms with Crippen LogP contribution >= 0.6 is 12.2 Å². The van der Waals surface area contributed by atoms with Crippen LogP contribution in [0.4, 0.5) is 0 Å². The van der Waals surface area contributed by atoms with Crippen molar-refractivity contribution in [2.75, 3.05) is 26.2 Å². The Kier molecular flexibility index (Phi) is 6.61. The third kappa shape index (κ3) is 5.61. The second-order valence-corrected chi connectivity index (χ2v) is 6.11. The van der Waals surface area contributed by atoms with Crippen molar-refractivity contribution >= 4 is 23.5 Å². The molecule has 120 valence electrons. The lowest BCUT2D eigenvalue weighted by molar-refractivity contribution is 0.153. The molecule has 0 bridgehead atoms. The molecule has 1 aromatic carbocycles. The van der Waals surface area contributed by atoms with Crippen LogP contribution in [0.25, 0.3) is 0 Å². The van der Waals surface area contributed by atoms with Crippen LogP contribution in [0.15, 0.2) is 29.4 Å². The molecule has 2 rings (SSSR count). The highest BCUT2D eigenvalue weighted by Gasteiger charge is 2.15. The minimum Gasteiger partial charge on any atom is -0.492 e. The van der Waals surface area contributed by atoms with Crippen molar-refractivity contribution in [1.82, 2.24) is 10.3 Å². The molecular formula is C16H24N4OS. The molecule has 1 aliphatic heterocycles. The molecule has 0 radical (unpaired) electrons. The highest BCUT2D eigenvalue weighted by atomic mass is 32.1. The monoisotopic (exact) mass is 320 g/mol. The van der Waals surface area contributed by atoms with E-state index >= 15 is 0 Å². The van der Waals surface area contributed by atoms with Crippen LogP contribution < -0.4 is 15.9 Å². The fraction of sp³-hybridized carbons (Fsp3) is 0.500. The van der Waals surface area contributed by atoms with Gasteiger partial charge in [0.25, 0.3) is 0 Å². The minimum absolute atomic E-state index is 0.147. The molecule has 1 fully saturated rings. The zero-order valence-electron chi connectivity index (χ0n) is 13.0. The van der Waals surface area contributed by atoms with Gasteiger partial charge in [-0.05, 0) is 49.7 Å². The van der Waals surface area contributed by atoms with Gasteiger partial charge in [-0.15, -0.1) is 0 Å². The van der Waals surface area contributed by atoms with Gasteiger partial charge in [-0.25, -0.2) is 0 Å². The first kappa shape index (κ1) is 16.7. The number of likely N-dealkylation sites (tertiary alicyclic amines) is 1. The SMILES string of the molecule is CC1CCCN(CCOc2ccccc2C=NNC(N)=S)C1. The number of nitrogens with zero attached hydrogens (tertiary/aromatic N) is 2. The number of para-hydroxylation sites is 1. The summed E-state index contributed by atoms with van der Waals surface area (Å²) in [5.41, 5.74) is 8.79. The van der Waals surface area contributed by atoms with E-state index in [-0.39, 0.29) is 5.11 Å². The van der Waals surface area contributed by atoms with Gasteiger partial charge in [0.15, 0.2) is 5.11 Å². The predicted molar refractivity (Wildman–Crippen MR) is 94.3 cm³/mol. The summed E-state index contributed by atoms with van der Waals surface area (Å²) in [5.74, 6) is 1.61. The van der Waals surface area contributed by atoms with E-state index in [1.807, 2.05) is 24.3 Å². The standard InChI is InChI=1S/C16H24N4OS/c1-13-5-4-8-20(12-13)9-10-21-15-7-3-2-6-14(15)11-18-19-16(17)22/h2-3,6-7,11,13H,4-5,8-10,12H2,1H3,(H3,17,19,22). The lowest BCUT2D eigenvalue weighted by Crippen LogP contribution is -2.37. The molecular weight excluding hydrogens is 296 g/mol. The van der Waals surface area contributed by atoms with E-state index in [4.69, 9.17) is 22.7 Å². The van der Waals surface area contributed by atoms with Gasteiger partial charge >= 0.3 is 0 Å². The Labute approximate surface area is 137 Å². The molecule has 0 saturated carbocycles. The largest absolute Gasteiger partial charge is 0.492 e. The summed E-state index contributed by atoms with van der Waals surface area (Å²) in [4.78, 5) is 2.47. The molecule has 22 heavy (non-hydrogen) atoms. The number of piperidine rings is 1. The lowest BCUT2D eigenvalue weighted by atomic mass is 10.0. The lowest BCUT2D eigenvalue weighted by Gasteiger charge is -2.30. The number of nitrogens with one attached hydrogen (secondary N) is 1. The number of rotatable bonds is 6. The molecule has 1 saturated heterocycles.